The highest BCUT2D eigenvalue weighted by atomic mass is 32.2. The Labute approximate surface area is 167 Å². The molecule has 9 nitrogen and oxygen atoms in total. The number of hydrogen-bond donors (Lipinski definition) is 3. The molecule has 1 aromatic heterocycles. The van der Waals surface area contributed by atoms with Crippen molar-refractivity contribution < 1.29 is 22.7 Å². The molecular weight excluding hydrogens is 404 g/mol. The quantitative estimate of drug-likeness (QED) is 0.594. The summed E-state index contributed by atoms with van der Waals surface area (Å²) in [4.78, 5) is 28.2. The number of carbonyl (C=O) groups is 2. The third-order valence-electron chi connectivity index (χ3n) is 3.43. The molecule has 0 spiro atoms. The van der Waals surface area contributed by atoms with E-state index >= 15 is 0 Å². The number of nitrogens with one attached hydrogen (secondary N) is 3. The van der Waals surface area contributed by atoms with E-state index in [-0.39, 0.29) is 29.8 Å². The van der Waals surface area contributed by atoms with Crippen LogP contribution in [0.1, 0.15) is 19.5 Å². The summed E-state index contributed by atoms with van der Waals surface area (Å²) in [6.07, 6.45) is 1.03. The number of benzene rings is 1. The summed E-state index contributed by atoms with van der Waals surface area (Å²) >= 11 is 1.24. The summed E-state index contributed by atoms with van der Waals surface area (Å²) in [6.45, 7) is 3.55. The molecule has 1 heterocycles. The van der Waals surface area contributed by atoms with Crippen LogP contribution in [0, 0.1) is 5.92 Å². The molecule has 0 atom stereocenters. The van der Waals surface area contributed by atoms with Gasteiger partial charge in [-0.2, -0.15) is 0 Å². The summed E-state index contributed by atoms with van der Waals surface area (Å²) in [7, 11) is -2.09. The zero-order valence-corrected chi connectivity index (χ0v) is 17.5. The first kappa shape index (κ1) is 21.6. The van der Waals surface area contributed by atoms with Crippen LogP contribution in [0.25, 0.3) is 0 Å². The molecule has 0 saturated heterocycles. The molecule has 0 aliphatic heterocycles. The third kappa shape index (κ3) is 6.50. The van der Waals surface area contributed by atoms with Gasteiger partial charge in [0, 0.05) is 17.0 Å². The molecule has 0 aliphatic carbocycles. The Hall–Kier alpha value is -2.66. The highest BCUT2D eigenvalue weighted by molar-refractivity contribution is 7.92. The number of rotatable bonds is 8. The predicted octanol–water partition coefficient (Wildman–Crippen LogP) is 2.30. The van der Waals surface area contributed by atoms with Gasteiger partial charge in [0.2, 0.25) is 21.8 Å². The number of anilines is 3. The normalized spacial score (nSPS) is 11.2. The fourth-order valence-electron chi connectivity index (χ4n) is 2.13. The fraction of sp³-hybridized carbons (Fsp3) is 0.353. The molecule has 152 valence electrons. The van der Waals surface area contributed by atoms with Gasteiger partial charge in [0.15, 0.2) is 5.13 Å². The van der Waals surface area contributed by atoms with Crippen molar-refractivity contribution in [1.82, 2.24) is 4.98 Å². The Bertz CT molecular complexity index is 970. The number of carbonyl (C=O) groups excluding carboxylic acids is 2. The summed E-state index contributed by atoms with van der Waals surface area (Å²) < 4.78 is 30.4. The Kier molecular flexibility index (Phi) is 6.97. The molecule has 0 saturated carbocycles. The van der Waals surface area contributed by atoms with Crippen molar-refractivity contribution in [2.45, 2.75) is 20.3 Å². The Morgan fingerprint density at radius 1 is 1.25 bits per heavy atom. The van der Waals surface area contributed by atoms with Gasteiger partial charge in [0.1, 0.15) is 5.75 Å². The van der Waals surface area contributed by atoms with Crippen molar-refractivity contribution in [2.24, 2.45) is 5.92 Å². The van der Waals surface area contributed by atoms with Crippen molar-refractivity contribution in [1.29, 1.82) is 0 Å². The fourth-order valence-corrected chi connectivity index (χ4v) is 3.40. The number of hydrogen-bond acceptors (Lipinski definition) is 7. The highest BCUT2D eigenvalue weighted by Gasteiger charge is 2.14. The predicted molar refractivity (Wildman–Crippen MR) is 109 cm³/mol. The number of methoxy groups -OCH3 is 1. The van der Waals surface area contributed by atoms with E-state index in [9.17, 15) is 18.0 Å². The maximum absolute atomic E-state index is 12.3. The standard InChI is InChI=1S/C17H22N4O5S2/c1-10(2)16(23)20-17-19-12(9-27-17)8-15(22)18-11-5-6-14(26-3)13(7-11)21-28(4,24)25/h5-7,9-10,21H,8H2,1-4H3,(H,18,22)(H,19,20,23). The minimum absolute atomic E-state index is 0.00885. The first-order valence-corrected chi connectivity index (χ1v) is 11.1. The van der Waals surface area contributed by atoms with Crippen molar-refractivity contribution >= 4 is 49.7 Å². The maximum Gasteiger partial charge on any atom is 0.230 e. The lowest BCUT2D eigenvalue weighted by molar-refractivity contribution is -0.119. The number of ether oxygens (including phenoxy) is 1. The molecule has 0 bridgehead atoms. The molecular formula is C17H22N4O5S2. The van der Waals surface area contributed by atoms with Gasteiger partial charge in [0.25, 0.3) is 0 Å². The van der Waals surface area contributed by atoms with E-state index in [4.69, 9.17) is 4.74 Å². The van der Waals surface area contributed by atoms with Gasteiger partial charge < -0.3 is 15.4 Å². The molecule has 0 fully saturated rings. The third-order valence-corrected chi connectivity index (χ3v) is 4.82. The molecule has 1 aromatic carbocycles. The largest absolute Gasteiger partial charge is 0.495 e. The number of sulfonamides is 1. The number of aromatic nitrogens is 1. The van der Waals surface area contributed by atoms with Crippen LogP contribution in [0.15, 0.2) is 23.6 Å². The van der Waals surface area contributed by atoms with Gasteiger partial charge >= 0.3 is 0 Å². The van der Waals surface area contributed by atoms with E-state index in [2.05, 4.69) is 20.3 Å². The van der Waals surface area contributed by atoms with E-state index < -0.39 is 10.0 Å². The molecule has 28 heavy (non-hydrogen) atoms. The molecule has 0 unspecified atom stereocenters. The lowest BCUT2D eigenvalue weighted by Gasteiger charge is -2.12. The second kappa shape index (κ2) is 9.02. The lowest BCUT2D eigenvalue weighted by atomic mass is 10.2. The van der Waals surface area contributed by atoms with Crippen LogP contribution in [0.4, 0.5) is 16.5 Å². The minimum Gasteiger partial charge on any atom is -0.495 e. The van der Waals surface area contributed by atoms with Crippen LogP contribution >= 0.6 is 11.3 Å². The van der Waals surface area contributed by atoms with Crippen LogP contribution in [0.2, 0.25) is 0 Å². The Morgan fingerprint density at radius 2 is 1.96 bits per heavy atom. The molecule has 2 amide bonds. The minimum atomic E-state index is -3.50. The van der Waals surface area contributed by atoms with Gasteiger partial charge in [0.05, 0.1) is 31.2 Å². The van der Waals surface area contributed by atoms with Crippen molar-refractivity contribution in [3.63, 3.8) is 0 Å². The highest BCUT2D eigenvalue weighted by Crippen LogP contribution is 2.28. The first-order chi connectivity index (χ1) is 13.1. The van der Waals surface area contributed by atoms with Crippen LogP contribution in [-0.4, -0.2) is 38.6 Å². The molecule has 3 N–H and O–H groups in total. The van der Waals surface area contributed by atoms with Gasteiger partial charge in [-0.1, -0.05) is 13.8 Å². The molecule has 0 aliphatic rings. The number of nitrogens with zero attached hydrogens (tertiary/aromatic N) is 1. The SMILES string of the molecule is COc1ccc(NC(=O)Cc2csc(NC(=O)C(C)C)n2)cc1NS(C)(=O)=O. The van der Waals surface area contributed by atoms with Crippen molar-refractivity contribution in [2.75, 3.05) is 28.7 Å². The van der Waals surface area contributed by atoms with Gasteiger partial charge in [-0.15, -0.1) is 11.3 Å². The van der Waals surface area contributed by atoms with Crippen molar-refractivity contribution in [3.8, 4) is 5.75 Å². The summed E-state index contributed by atoms with van der Waals surface area (Å²) in [6, 6.07) is 4.61. The first-order valence-electron chi connectivity index (χ1n) is 8.28. The van der Waals surface area contributed by atoms with E-state index in [1.165, 1.54) is 24.5 Å². The number of amides is 2. The molecule has 2 aromatic rings. The zero-order chi connectivity index (χ0) is 20.9. The van der Waals surface area contributed by atoms with E-state index in [1.54, 1.807) is 31.4 Å². The smallest absolute Gasteiger partial charge is 0.230 e. The molecule has 2 rings (SSSR count). The summed E-state index contributed by atoms with van der Waals surface area (Å²) in [5.41, 5.74) is 1.14. The molecule has 11 heteroatoms. The van der Waals surface area contributed by atoms with Crippen LogP contribution in [-0.2, 0) is 26.0 Å². The van der Waals surface area contributed by atoms with E-state index in [1.807, 2.05) is 0 Å². The van der Waals surface area contributed by atoms with Gasteiger partial charge in [-0.3, -0.25) is 14.3 Å². The Morgan fingerprint density at radius 3 is 2.57 bits per heavy atom. The Balaban J connectivity index is 2.04. The van der Waals surface area contributed by atoms with Crippen LogP contribution in [0.5, 0.6) is 5.75 Å². The summed E-state index contributed by atoms with van der Waals surface area (Å²) in [5, 5.41) is 7.50. The zero-order valence-electron chi connectivity index (χ0n) is 15.9. The maximum atomic E-state index is 12.3. The second-order valence-electron chi connectivity index (χ2n) is 6.30. The van der Waals surface area contributed by atoms with Gasteiger partial charge in [-0.25, -0.2) is 13.4 Å². The van der Waals surface area contributed by atoms with Crippen LogP contribution < -0.4 is 20.1 Å². The lowest BCUT2D eigenvalue weighted by Crippen LogP contribution is -2.18. The average molecular weight is 427 g/mol. The number of thiazole rings is 1. The summed E-state index contributed by atoms with van der Waals surface area (Å²) in [5.74, 6) is -0.314. The van der Waals surface area contributed by atoms with Gasteiger partial charge in [-0.05, 0) is 18.2 Å². The van der Waals surface area contributed by atoms with Crippen molar-refractivity contribution in [3.05, 3.63) is 29.3 Å². The van der Waals surface area contributed by atoms with E-state index in [0.717, 1.165) is 6.26 Å². The average Bonchev–Trinajstić information content (AvgIpc) is 3.00. The topological polar surface area (TPSA) is 126 Å². The second-order valence-corrected chi connectivity index (χ2v) is 8.91. The monoisotopic (exact) mass is 426 g/mol. The van der Waals surface area contributed by atoms with E-state index in [0.29, 0.717) is 22.3 Å². The molecule has 0 radical (unpaired) electrons. The van der Waals surface area contributed by atoms with Crippen LogP contribution in [0.3, 0.4) is 0 Å².